The summed E-state index contributed by atoms with van der Waals surface area (Å²) in [6.45, 7) is 1.76. The first kappa shape index (κ1) is 17.9. The molecule has 0 aliphatic heterocycles. The minimum atomic E-state index is -0.901. The number of halogens is 2. The van der Waals surface area contributed by atoms with E-state index < -0.39 is 17.8 Å². The van der Waals surface area contributed by atoms with Crippen molar-refractivity contribution in [1.29, 1.82) is 0 Å². The Labute approximate surface area is 153 Å². The number of aromatic nitrogens is 2. The van der Waals surface area contributed by atoms with Crippen LogP contribution >= 0.6 is 11.6 Å². The Morgan fingerprint density at radius 3 is 2.65 bits per heavy atom. The van der Waals surface area contributed by atoms with Crippen molar-refractivity contribution in [3.63, 3.8) is 0 Å². The number of amides is 1. The maximum absolute atomic E-state index is 13.7. The fourth-order valence-corrected chi connectivity index (χ4v) is 2.41. The average molecular weight is 376 g/mol. The quantitative estimate of drug-likeness (QED) is 0.694. The zero-order chi connectivity index (χ0) is 18.5. The molecule has 0 fully saturated rings. The van der Waals surface area contributed by atoms with Gasteiger partial charge in [-0.15, -0.1) is 0 Å². The maximum Gasteiger partial charge on any atom is 0.266 e. The first-order chi connectivity index (χ1) is 12.6. The molecule has 2 aromatic carbocycles. The van der Waals surface area contributed by atoms with Gasteiger partial charge in [-0.25, -0.2) is 9.02 Å². The Balaban J connectivity index is 1.76. The molecule has 0 unspecified atom stereocenters. The highest BCUT2D eigenvalue weighted by molar-refractivity contribution is 6.30. The van der Waals surface area contributed by atoms with Crippen molar-refractivity contribution < 1.29 is 18.6 Å². The molecule has 3 aromatic rings. The minimum Gasteiger partial charge on any atom is -0.478 e. The predicted molar refractivity (Wildman–Crippen MR) is 94.5 cm³/mol. The third-order valence-corrected chi connectivity index (χ3v) is 3.87. The molecule has 0 spiro atoms. The zero-order valence-corrected chi connectivity index (χ0v) is 14.5. The molecular weight excluding hydrogens is 361 g/mol. The van der Waals surface area contributed by atoms with Crippen LogP contribution in [0.25, 0.3) is 11.3 Å². The van der Waals surface area contributed by atoms with Crippen LogP contribution in [0.4, 0.5) is 10.2 Å². The SMILES string of the molecule is CC[C@@H](Oc1ccccc1F)C(=O)Nc1nonc1-c1ccc(Cl)cc1. The Morgan fingerprint density at radius 2 is 1.96 bits per heavy atom. The maximum atomic E-state index is 13.7. The molecule has 3 rings (SSSR count). The van der Waals surface area contributed by atoms with Gasteiger partial charge in [-0.3, -0.25) is 4.79 Å². The summed E-state index contributed by atoms with van der Waals surface area (Å²) in [5.74, 6) is -0.871. The van der Waals surface area contributed by atoms with Crippen LogP contribution in [0.3, 0.4) is 0 Å². The van der Waals surface area contributed by atoms with Crippen LogP contribution in [0, 0.1) is 5.82 Å². The predicted octanol–water partition coefficient (Wildman–Crippen LogP) is 4.33. The van der Waals surface area contributed by atoms with Gasteiger partial charge in [0.15, 0.2) is 23.4 Å². The van der Waals surface area contributed by atoms with Crippen molar-refractivity contribution in [1.82, 2.24) is 10.3 Å². The van der Waals surface area contributed by atoms with Gasteiger partial charge >= 0.3 is 0 Å². The third-order valence-electron chi connectivity index (χ3n) is 3.62. The number of nitrogens with one attached hydrogen (secondary N) is 1. The summed E-state index contributed by atoms with van der Waals surface area (Å²) in [6, 6.07) is 12.7. The van der Waals surface area contributed by atoms with Crippen molar-refractivity contribution in [2.75, 3.05) is 5.32 Å². The van der Waals surface area contributed by atoms with Crippen LogP contribution < -0.4 is 10.1 Å². The monoisotopic (exact) mass is 375 g/mol. The second kappa shape index (κ2) is 7.97. The van der Waals surface area contributed by atoms with Gasteiger partial charge in [0.05, 0.1) is 0 Å². The fraction of sp³-hybridized carbons (Fsp3) is 0.167. The summed E-state index contributed by atoms with van der Waals surface area (Å²) >= 11 is 5.87. The topological polar surface area (TPSA) is 77.2 Å². The number of carbonyl (C=O) groups is 1. The smallest absolute Gasteiger partial charge is 0.266 e. The van der Waals surface area contributed by atoms with Gasteiger partial charge in [-0.05, 0) is 41.0 Å². The second-order valence-electron chi connectivity index (χ2n) is 5.40. The first-order valence-electron chi connectivity index (χ1n) is 7.89. The second-order valence-corrected chi connectivity index (χ2v) is 5.84. The number of ether oxygens (including phenoxy) is 1. The van der Waals surface area contributed by atoms with E-state index in [-0.39, 0.29) is 11.6 Å². The molecule has 0 saturated heterocycles. The van der Waals surface area contributed by atoms with E-state index in [0.29, 0.717) is 22.7 Å². The molecule has 8 heteroatoms. The number of benzene rings is 2. The summed E-state index contributed by atoms with van der Waals surface area (Å²) in [7, 11) is 0. The molecule has 0 bridgehead atoms. The van der Waals surface area contributed by atoms with E-state index in [1.165, 1.54) is 12.1 Å². The Hall–Kier alpha value is -2.93. The van der Waals surface area contributed by atoms with Gasteiger partial charge in [0.2, 0.25) is 5.82 Å². The number of anilines is 1. The molecule has 0 radical (unpaired) electrons. The van der Waals surface area contributed by atoms with E-state index in [4.69, 9.17) is 21.0 Å². The summed E-state index contributed by atoms with van der Waals surface area (Å²) in [5, 5.41) is 10.7. The zero-order valence-electron chi connectivity index (χ0n) is 13.8. The van der Waals surface area contributed by atoms with Crippen molar-refractivity contribution in [2.24, 2.45) is 0 Å². The molecule has 0 saturated carbocycles. The van der Waals surface area contributed by atoms with Gasteiger partial charge in [0.25, 0.3) is 5.91 Å². The molecule has 1 amide bonds. The van der Waals surface area contributed by atoms with Crippen LogP contribution in [0.1, 0.15) is 13.3 Å². The Morgan fingerprint density at radius 1 is 1.23 bits per heavy atom. The van der Waals surface area contributed by atoms with E-state index in [1.807, 2.05) is 0 Å². The average Bonchev–Trinajstić information content (AvgIpc) is 3.09. The summed E-state index contributed by atoms with van der Waals surface area (Å²) in [4.78, 5) is 12.5. The van der Waals surface area contributed by atoms with Gasteiger partial charge in [0.1, 0.15) is 0 Å². The molecule has 1 N–H and O–H groups in total. The van der Waals surface area contributed by atoms with Gasteiger partial charge in [0, 0.05) is 10.6 Å². The minimum absolute atomic E-state index is 0.00528. The largest absolute Gasteiger partial charge is 0.478 e. The summed E-state index contributed by atoms with van der Waals surface area (Å²) in [6.07, 6.45) is -0.566. The highest BCUT2D eigenvalue weighted by Gasteiger charge is 2.23. The molecule has 1 heterocycles. The summed E-state index contributed by atoms with van der Waals surface area (Å²) in [5.41, 5.74) is 1.03. The number of nitrogens with zero attached hydrogens (tertiary/aromatic N) is 2. The van der Waals surface area contributed by atoms with Crippen LogP contribution in [-0.2, 0) is 4.79 Å². The van der Waals surface area contributed by atoms with E-state index in [1.54, 1.807) is 43.3 Å². The number of hydrogen-bond acceptors (Lipinski definition) is 5. The Kier molecular flexibility index (Phi) is 5.48. The lowest BCUT2D eigenvalue weighted by atomic mass is 10.1. The lowest BCUT2D eigenvalue weighted by molar-refractivity contribution is -0.122. The number of hydrogen-bond donors (Lipinski definition) is 1. The molecule has 134 valence electrons. The number of para-hydroxylation sites is 1. The van der Waals surface area contributed by atoms with Crippen molar-refractivity contribution in [3.05, 3.63) is 59.4 Å². The Bertz CT molecular complexity index is 899. The van der Waals surface area contributed by atoms with E-state index in [0.717, 1.165) is 0 Å². The standard InChI is InChI=1S/C18H15ClFN3O3/c1-2-14(25-15-6-4-3-5-13(15)20)18(24)21-17-16(22-26-23-17)11-7-9-12(19)10-8-11/h3-10,14H,2H2,1H3,(H,21,23,24)/t14-/m1/s1. The van der Waals surface area contributed by atoms with Crippen LogP contribution in [0.15, 0.2) is 53.2 Å². The highest BCUT2D eigenvalue weighted by Crippen LogP contribution is 2.26. The fourth-order valence-electron chi connectivity index (χ4n) is 2.28. The van der Waals surface area contributed by atoms with Crippen LogP contribution in [-0.4, -0.2) is 22.3 Å². The van der Waals surface area contributed by atoms with E-state index in [2.05, 4.69) is 15.6 Å². The van der Waals surface area contributed by atoms with Gasteiger partial charge < -0.3 is 10.1 Å². The molecule has 26 heavy (non-hydrogen) atoms. The number of rotatable bonds is 6. The van der Waals surface area contributed by atoms with Crippen LogP contribution in [0.2, 0.25) is 5.02 Å². The lowest BCUT2D eigenvalue weighted by Gasteiger charge is -2.16. The molecule has 0 aliphatic carbocycles. The van der Waals surface area contributed by atoms with Crippen molar-refractivity contribution >= 4 is 23.3 Å². The first-order valence-corrected chi connectivity index (χ1v) is 8.26. The van der Waals surface area contributed by atoms with E-state index in [9.17, 15) is 9.18 Å². The molecule has 1 aromatic heterocycles. The highest BCUT2D eigenvalue weighted by atomic mass is 35.5. The molecule has 1 atom stereocenters. The van der Waals surface area contributed by atoms with Crippen molar-refractivity contribution in [3.8, 4) is 17.0 Å². The van der Waals surface area contributed by atoms with E-state index >= 15 is 0 Å². The molecule has 0 aliphatic rings. The number of carbonyl (C=O) groups excluding carboxylic acids is 1. The van der Waals surface area contributed by atoms with Crippen molar-refractivity contribution in [2.45, 2.75) is 19.4 Å². The molecular formula is C18H15ClFN3O3. The van der Waals surface area contributed by atoms with Crippen LogP contribution in [0.5, 0.6) is 5.75 Å². The normalized spacial score (nSPS) is 11.8. The lowest BCUT2D eigenvalue weighted by Crippen LogP contribution is -2.32. The van der Waals surface area contributed by atoms with Gasteiger partial charge in [-0.2, -0.15) is 0 Å². The summed E-state index contributed by atoms with van der Waals surface area (Å²) < 4.78 is 24.0. The molecule has 6 nitrogen and oxygen atoms in total. The van der Waals surface area contributed by atoms with Gasteiger partial charge in [-0.1, -0.05) is 42.8 Å². The third kappa shape index (κ3) is 4.00.